The predicted octanol–water partition coefficient (Wildman–Crippen LogP) is 4.17. The summed E-state index contributed by atoms with van der Waals surface area (Å²) in [7, 11) is 1.57. The van der Waals surface area contributed by atoms with Crippen molar-refractivity contribution in [2.75, 3.05) is 7.11 Å². The zero-order valence-electron chi connectivity index (χ0n) is 14.9. The van der Waals surface area contributed by atoms with Crippen LogP contribution in [-0.2, 0) is 11.4 Å². The molecule has 0 radical (unpaired) electrons. The topological polar surface area (TPSA) is 81.5 Å². The molecule has 0 amide bonds. The number of aryl methyl sites for hydroxylation is 1. The van der Waals surface area contributed by atoms with E-state index in [9.17, 15) is 9.90 Å². The first-order valence-electron chi connectivity index (χ1n) is 8.26. The van der Waals surface area contributed by atoms with Crippen molar-refractivity contribution in [3.63, 3.8) is 0 Å². The third kappa shape index (κ3) is 3.62. The van der Waals surface area contributed by atoms with Gasteiger partial charge in [0.1, 0.15) is 18.2 Å². The quantitative estimate of drug-likeness (QED) is 0.670. The summed E-state index contributed by atoms with van der Waals surface area (Å²) in [5, 5.41) is 12.3. The Morgan fingerprint density at radius 3 is 2.88 bits per heavy atom. The van der Waals surface area contributed by atoms with Gasteiger partial charge in [0.15, 0.2) is 0 Å². The highest BCUT2D eigenvalue weighted by Gasteiger charge is 2.21. The molecule has 136 valence electrons. The van der Waals surface area contributed by atoms with Crippen molar-refractivity contribution in [3.8, 4) is 11.6 Å². The third-order valence-corrected chi connectivity index (χ3v) is 5.16. The van der Waals surface area contributed by atoms with Gasteiger partial charge >= 0.3 is 5.97 Å². The Hall–Kier alpha value is -2.67. The number of carbonyl (C=O) groups is 1. The molecule has 0 aliphatic rings. The molecule has 0 bridgehead atoms. The van der Waals surface area contributed by atoms with Crippen molar-refractivity contribution in [3.05, 3.63) is 46.7 Å². The molecule has 0 saturated heterocycles. The van der Waals surface area contributed by atoms with Gasteiger partial charge < -0.3 is 14.6 Å². The Morgan fingerprint density at radius 2 is 2.19 bits per heavy atom. The lowest BCUT2D eigenvalue weighted by atomic mass is 9.96. The summed E-state index contributed by atoms with van der Waals surface area (Å²) in [4.78, 5) is 19.8. The van der Waals surface area contributed by atoms with Gasteiger partial charge in [0.25, 0.3) is 0 Å². The smallest absolute Gasteiger partial charge is 0.311 e. The highest BCUT2D eigenvalue weighted by Crippen LogP contribution is 2.35. The van der Waals surface area contributed by atoms with Gasteiger partial charge in [0, 0.05) is 10.9 Å². The fourth-order valence-corrected chi connectivity index (χ4v) is 3.87. The van der Waals surface area contributed by atoms with Crippen LogP contribution in [0.15, 0.2) is 29.8 Å². The molecule has 1 unspecified atom stereocenters. The summed E-state index contributed by atoms with van der Waals surface area (Å²) < 4.78 is 12.1. The van der Waals surface area contributed by atoms with Crippen LogP contribution in [-0.4, -0.2) is 28.2 Å². The monoisotopic (exact) mass is 372 g/mol. The molecule has 3 aromatic rings. The van der Waals surface area contributed by atoms with Crippen LogP contribution in [0, 0.1) is 6.92 Å². The SMILES string of the molecule is CCC(C(=O)O)c1csc2cc(OCc3cnc(C)nc3OC)ccc12. The van der Waals surface area contributed by atoms with E-state index in [4.69, 9.17) is 9.47 Å². The van der Waals surface area contributed by atoms with E-state index in [0.29, 0.717) is 30.5 Å². The molecule has 6 nitrogen and oxygen atoms in total. The summed E-state index contributed by atoms with van der Waals surface area (Å²) >= 11 is 1.53. The lowest BCUT2D eigenvalue weighted by molar-refractivity contribution is -0.138. The van der Waals surface area contributed by atoms with E-state index in [1.54, 1.807) is 20.2 Å². The van der Waals surface area contributed by atoms with Crippen molar-refractivity contribution in [2.45, 2.75) is 32.8 Å². The number of ether oxygens (including phenoxy) is 2. The lowest BCUT2D eigenvalue weighted by Gasteiger charge is -2.11. The molecule has 7 heteroatoms. The van der Waals surface area contributed by atoms with E-state index in [1.807, 2.05) is 30.5 Å². The van der Waals surface area contributed by atoms with Gasteiger partial charge in [-0.2, -0.15) is 4.98 Å². The molecular weight excluding hydrogens is 352 g/mol. The molecule has 0 aliphatic carbocycles. The molecular formula is C19H20N2O4S. The fourth-order valence-electron chi connectivity index (χ4n) is 2.83. The Morgan fingerprint density at radius 1 is 1.38 bits per heavy atom. The molecule has 1 aromatic carbocycles. The van der Waals surface area contributed by atoms with Gasteiger partial charge in [-0.05, 0) is 47.9 Å². The molecule has 0 aliphatic heterocycles. The molecule has 26 heavy (non-hydrogen) atoms. The molecule has 1 N–H and O–H groups in total. The first-order chi connectivity index (χ1) is 12.5. The number of rotatable bonds is 7. The Kier molecular flexibility index (Phi) is 5.37. The van der Waals surface area contributed by atoms with Crippen molar-refractivity contribution in [1.82, 2.24) is 9.97 Å². The minimum absolute atomic E-state index is 0.292. The van der Waals surface area contributed by atoms with Crippen LogP contribution in [0.25, 0.3) is 10.1 Å². The number of methoxy groups -OCH3 is 1. The minimum atomic E-state index is -0.793. The highest BCUT2D eigenvalue weighted by atomic mass is 32.1. The standard InChI is InChI=1S/C19H20N2O4S/c1-4-14(19(22)23)16-10-26-17-7-13(5-6-15(16)17)25-9-12-8-20-11(2)21-18(12)24-3/h5-8,10,14H,4,9H2,1-3H3,(H,22,23). The molecule has 0 spiro atoms. The summed E-state index contributed by atoms with van der Waals surface area (Å²) in [5.74, 6) is 0.576. The molecule has 3 rings (SSSR count). The predicted molar refractivity (Wildman–Crippen MR) is 100 cm³/mol. The molecule has 2 heterocycles. The van der Waals surface area contributed by atoms with Crippen LogP contribution >= 0.6 is 11.3 Å². The third-order valence-electron chi connectivity index (χ3n) is 4.19. The van der Waals surface area contributed by atoms with Crippen LogP contribution in [0.4, 0.5) is 0 Å². The number of benzene rings is 1. The first-order valence-corrected chi connectivity index (χ1v) is 9.14. The number of carboxylic acids is 1. The lowest BCUT2D eigenvalue weighted by Crippen LogP contribution is -2.09. The average Bonchev–Trinajstić information content (AvgIpc) is 3.04. The number of aromatic nitrogens is 2. The van der Waals surface area contributed by atoms with Gasteiger partial charge in [-0.25, -0.2) is 4.98 Å². The summed E-state index contributed by atoms with van der Waals surface area (Å²) in [6.07, 6.45) is 2.26. The number of nitrogens with zero attached hydrogens (tertiary/aromatic N) is 2. The minimum Gasteiger partial charge on any atom is -0.489 e. The van der Waals surface area contributed by atoms with E-state index in [1.165, 1.54) is 11.3 Å². The van der Waals surface area contributed by atoms with E-state index < -0.39 is 11.9 Å². The van der Waals surface area contributed by atoms with E-state index >= 15 is 0 Å². The molecule has 1 atom stereocenters. The van der Waals surface area contributed by atoms with Crippen LogP contribution in [0.1, 0.15) is 36.2 Å². The van der Waals surface area contributed by atoms with E-state index in [0.717, 1.165) is 21.2 Å². The molecule has 0 fully saturated rings. The Labute approximate surface area is 155 Å². The van der Waals surface area contributed by atoms with Crippen LogP contribution in [0.3, 0.4) is 0 Å². The maximum Gasteiger partial charge on any atom is 0.311 e. The van der Waals surface area contributed by atoms with Gasteiger partial charge in [0.2, 0.25) is 5.88 Å². The van der Waals surface area contributed by atoms with Gasteiger partial charge in [-0.3, -0.25) is 4.79 Å². The summed E-state index contributed by atoms with van der Waals surface area (Å²) in [6, 6.07) is 5.71. The second kappa shape index (κ2) is 7.70. The number of hydrogen-bond acceptors (Lipinski definition) is 6. The maximum atomic E-state index is 11.4. The van der Waals surface area contributed by atoms with E-state index in [-0.39, 0.29) is 0 Å². The van der Waals surface area contributed by atoms with Gasteiger partial charge in [-0.15, -0.1) is 11.3 Å². The summed E-state index contributed by atoms with van der Waals surface area (Å²) in [6.45, 7) is 3.98. The normalized spacial score (nSPS) is 12.1. The zero-order chi connectivity index (χ0) is 18.7. The summed E-state index contributed by atoms with van der Waals surface area (Å²) in [5.41, 5.74) is 1.63. The largest absolute Gasteiger partial charge is 0.489 e. The number of thiophene rings is 1. The fraction of sp³-hybridized carbons (Fsp3) is 0.316. The van der Waals surface area contributed by atoms with Crippen LogP contribution in [0.5, 0.6) is 11.6 Å². The van der Waals surface area contributed by atoms with Crippen molar-refractivity contribution < 1.29 is 19.4 Å². The second-order valence-electron chi connectivity index (χ2n) is 5.89. The number of aliphatic carboxylic acids is 1. The van der Waals surface area contributed by atoms with Crippen molar-refractivity contribution in [2.24, 2.45) is 0 Å². The number of fused-ring (bicyclic) bond motifs is 1. The van der Waals surface area contributed by atoms with E-state index in [2.05, 4.69) is 9.97 Å². The Balaban J connectivity index is 1.81. The highest BCUT2D eigenvalue weighted by molar-refractivity contribution is 7.17. The average molecular weight is 372 g/mol. The van der Waals surface area contributed by atoms with Crippen LogP contribution < -0.4 is 9.47 Å². The molecule has 2 aromatic heterocycles. The number of carboxylic acid groups (broad SMARTS) is 1. The molecule has 0 saturated carbocycles. The number of hydrogen-bond donors (Lipinski definition) is 1. The van der Waals surface area contributed by atoms with Gasteiger partial charge in [0.05, 0.1) is 18.6 Å². The Bertz CT molecular complexity index is 938. The van der Waals surface area contributed by atoms with Crippen LogP contribution in [0.2, 0.25) is 0 Å². The van der Waals surface area contributed by atoms with Gasteiger partial charge in [-0.1, -0.05) is 6.92 Å². The zero-order valence-corrected chi connectivity index (χ0v) is 15.7. The maximum absolute atomic E-state index is 11.4. The van der Waals surface area contributed by atoms with Crippen molar-refractivity contribution >= 4 is 27.4 Å². The first kappa shape index (κ1) is 18.1. The second-order valence-corrected chi connectivity index (χ2v) is 6.80. The van der Waals surface area contributed by atoms with Crippen molar-refractivity contribution in [1.29, 1.82) is 0 Å².